The van der Waals surface area contributed by atoms with Crippen LogP contribution >= 0.6 is 11.3 Å². The summed E-state index contributed by atoms with van der Waals surface area (Å²) in [5.41, 5.74) is 1.84. The van der Waals surface area contributed by atoms with Crippen LogP contribution in [0.2, 0.25) is 0 Å². The molecule has 0 aromatic carbocycles. The third-order valence-corrected chi connectivity index (χ3v) is 8.56. The van der Waals surface area contributed by atoms with Crippen molar-refractivity contribution in [2.24, 2.45) is 0 Å². The molecule has 0 aliphatic heterocycles. The molecule has 28 heavy (non-hydrogen) atoms. The smallest absolute Gasteiger partial charge is 0.135 e. The van der Waals surface area contributed by atoms with Crippen LogP contribution in [0.4, 0.5) is 5.82 Å². The lowest BCUT2D eigenvalue weighted by Crippen LogP contribution is -2.48. The number of aromatic nitrogens is 1. The quantitative estimate of drug-likeness (QED) is 0.702. The van der Waals surface area contributed by atoms with E-state index < -0.39 is 0 Å². The first-order valence-corrected chi connectivity index (χ1v) is 11.8. The molecule has 0 bridgehead atoms. The summed E-state index contributed by atoms with van der Waals surface area (Å²) in [7, 11) is 4.47. The van der Waals surface area contributed by atoms with E-state index in [1.54, 1.807) is 0 Å². The van der Waals surface area contributed by atoms with Crippen molar-refractivity contribution in [2.75, 3.05) is 19.4 Å². The average Bonchev–Trinajstić information content (AvgIpc) is 3.22. The van der Waals surface area contributed by atoms with Crippen molar-refractivity contribution in [3.8, 4) is 0 Å². The first kappa shape index (κ1) is 20.1. The molecule has 2 atom stereocenters. The van der Waals surface area contributed by atoms with Crippen molar-refractivity contribution in [1.29, 1.82) is 0 Å². The van der Waals surface area contributed by atoms with Crippen molar-refractivity contribution in [3.63, 3.8) is 0 Å². The van der Waals surface area contributed by atoms with Gasteiger partial charge in [0, 0.05) is 32.7 Å². The number of aryl methyl sites for hydroxylation is 1. The molecule has 2 aliphatic carbocycles. The number of aliphatic hydroxyl groups is 1. The molecule has 5 heteroatoms. The Hall–Kier alpha value is -1.17. The van der Waals surface area contributed by atoms with Gasteiger partial charge in [-0.1, -0.05) is 6.92 Å². The van der Waals surface area contributed by atoms with Gasteiger partial charge in [-0.3, -0.25) is 0 Å². The number of rotatable bonds is 6. The number of fused-ring (bicyclic) bond motifs is 3. The fourth-order valence-corrected chi connectivity index (χ4v) is 6.85. The van der Waals surface area contributed by atoms with Crippen LogP contribution in [0.15, 0.2) is 12.3 Å². The molecular formula is C23H35N3OS. The van der Waals surface area contributed by atoms with E-state index in [1.807, 2.05) is 24.5 Å². The molecule has 154 valence electrons. The van der Waals surface area contributed by atoms with Crippen molar-refractivity contribution in [1.82, 2.24) is 9.88 Å². The Labute approximate surface area is 173 Å². The predicted octanol–water partition coefficient (Wildman–Crippen LogP) is 5.16. The van der Waals surface area contributed by atoms with Crippen LogP contribution in [0.3, 0.4) is 0 Å². The van der Waals surface area contributed by atoms with Gasteiger partial charge in [-0.25, -0.2) is 4.98 Å². The molecule has 2 heterocycles. The van der Waals surface area contributed by atoms with E-state index in [1.165, 1.54) is 59.1 Å². The fourth-order valence-electron chi connectivity index (χ4n) is 5.55. The highest BCUT2D eigenvalue weighted by molar-refractivity contribution is 7.19. The summed E-state index contributed by atoms with van der Waals surface area (Å²) in [6.45, 7) is 4.24. The molecule has 4 rings (SSSR count). The lowest BCUT2D eigenvalue weighted by molar-refractivity contribution is 0.0917. The molecule has 0 unspecified atom stereocenters. The van der Waals surface area contributed by atoms with Crippen LogP contribution in [-0.2, 0) is 6.42 Å². The Morgan fingerprint density at radius 1 is 1.32 bits per heavy atom. The summed E-state index contributed by atoms with van der Waals surface area (Å²) in [5.74, 6) is 1.55. The molecule has 2 aliphatic rings. The van der Waals surface area contributed by atoms with E-state index in [-0.39, 0.29) is 6.10 Å². The van der Waals surface area contributed by atoms with Gasteiger partial charge in [0.05, 0.1) is 6.10 Å². The van der Waals surface area contributed by atoms with Crippen LogP contribution < -0.4 is 5.32 Å². The minimum atomic E-state index is -0.245. The zero-order valence-corrected chi connectivity index (χ0v) is 18.6. The van der Waals surface area contributed by atoms with Crippen LogP contribution in [0, 0.1) is 0 Å². The lowest BCUT2D eigenvalue weighted by Gasteiger charge is -2.45. The van der Waals surface area contributed by atoms with Gasteiger partial charge < -0.3 is 15.3 Å². The Morgan fingerprint density at radius 3 is 2.71 bits per heavy atom. The zero-order valence-electron chi connectivity index (χ0n) is 17.8. The SMILES string of the molecule is CCC1(N(C)C)CCC(Nc2nccc3sc4c(c23)[C@@H](C[C@H](C)O)CC4)CC1. The van der Waals surface area contributed by atoms with Crippen molar-refractivity contribution in [2.45, 2.75) is 88.8 Å². The highest BCUT2D eigenvalue weighted by Crippen LogP contribution is 2.48. The number of thiophene rings is 1. The summed E-state index contributed by atoms with van der Waals surface area (Å²) >= 11 is 1.93. The normalized spacial score (nSPS) is 28.6. The number of anilines is 1. The van der Waals surface area contributed by atoms with Gasteiger partial charge in [-0.15, -0.1) is 11.3 Å². The monoisotopic (exact) mass is 401 g/mol. The summed E-state index contributed by atoms with van der Waals surface area (Å²) < 4.78 is 1.35. The number of nitrogens with one attached hydrogen (secondary N) is 1. The summed E-state index contributed by atoms with van der Waals surface area (Å²) in [6, 6.07) is 2.67. The Bertz CT molecular complexity index is 821. The van der Waals surface area contributed by atoms with Crippen molar-refractivity contribution in [3.05, 3.63) is 22.7 Å². The van der Waals surface area contributed by atoms with Crippen molar-refractivity contribution < 1.29 is 5.11 Å². The maximum absolute atomic E-state index is 9.96. The highest BCUT2D eigenvalue weighted by Gasteiger charge is 2.36. The van der Waals surface area contributed by atoms with Gasteiger partial charge in [-0.05, 0) is 89.9 Å². The van der Waals surface area contributed by atoms with Gasteiger partial charge in [0.15, 0.2) is 0 Å². The lowest BCUT2D eigenvalue weighted by atomic mass is 9.77. The topological polar surface area (TPSA) is 48.4 Å². The molecule has 2 aromatic rings. The number of hydrogen-bond donors (Lipinski definition) is 2. The predicted molar refractivity (Wildman–Crippen MR) is 120 cm³/mol. The zero-order chi connectivity index (χ0) is 19.9. The Balaban J connectivity index is 1.57. The molecule has 0 saturated heterocycles. The first-order valence-electron chi connectivity index (χ1n) is 11.0. The molecule has 0 spiro atoms. The molecule has 4 nitrogen and oxygen atoms in total. The van der Waals surface area contributed by atoms with Crippen LogP contribution in [0.5, 0.6) is 0 Å². The second kappa shape index (κ2) is 7.92. The number of nitrogens with zero attached hydrogens (tertiary/aromatic N) is 2. The molecular weight excluding hydrogens is 366 g/mol. The molecule has 1 fully saturated rings. The second-order valence-corrected chi connectivity index (χ2v) is 10.3. The van der Waals surface area contributed by atoms with E-state index in [4.69, 9.17) is 4.98 Å². The molecule has 0 amide bonds. The maximum atomic E-state index is 9.96. The van der Waals surface area contributed by atoms with E-state index >= 15 is 0 Å². The standard InChI is InChI=1S/C23H35N3OS/c1-5-23(26(3)4)11-8-17(9-12-23)25-22-21-19(10-13-24-22)28-18-7-6-16(20(18)21)14-15(2)27/h10,13,15-17,27H,5-9,11-12,14H2,1-4H3,(H,24,25)/t15-,16+,17?,23?/m0/s1. The van der Waals surface area contributed by atoms with Crippen LogP contribution in [0.25, 0.3) is 10.1 Å². The van der Waals surface area contributed by atoms with Gasteiger partial charge >= 0.3 is 0 Å². The third kappa shape index (κ3) is 3.57. The van der Waals surface area contributed by atoms with E-state index in [0.29, 0.717) is 17.5 Å². The van der Waals surface area contributed by atoms with Gasteiger partial charge in [0.2, 0.25) is 0 Å². The Kier molecular flexibility index (Phi) is 5.69. The number of pyridine rings is 1. The number of aliphatic hydroxyl groups excluding tert-OH is 1. The molecule has 2 N–H and O–H groups in total. The second-order valence-electron chi connectivity index (χ2n) is 9.18. The number of hydrogen-bond acceptors (Lipinski definition) is 5. The summed E-state index contributed by atoms with van der Waals surface area (Å²) in [4.78, 5) is 8.73. The maximum Gasteiger partial charge on any atom is 0.135 e. The minimum absolute atomic E-state index is 0.245. The third-order valence-electron chi connectivity index (χ3n) is 7.33. The first-order chi connectivity index (χ1) is 13.4. The highest BCUT2D eigenvalue weighted by atomic mass is 32.1. The van der Waals surface area contributed by atoms with Crippen LogP contribution in [0.1, 0.15) is 75.2 Å². The van der Waals surface area contributed by atoms with Gasteiger partial charge in [0.25, 0.3) is 0 Å². The van der Waals surface area contributed by atoms with Crippen molar-refractivity contribution >= 4 is 27.2 Å². The van der Waals surface area contributed by atoms with E-state index in [2.05, 4.69) is 37.3 Å². The van der Waals surface area contributed by atoms with E-state index in [9.17, 15) is 5.11 Å². The van der Waals surface area contributed by atoms with Crippen LogP contribution in [-0.4, -0.2) is 46.8 Å². The Morgan fingerprint density at radius 2 is 2.07 bits per heavy atom. The summed E-state index contributed by atoms with van der Waals surface area (Å²) in [6.07, 6.45) is 11.0. The minimum Gasteiger partial charge on any atom is -0.393 e. The molecule has 0 radical (unpaired) electrons. The fraction of sp³-hybridized carbons (Fsp3) is 0.696. The summed E-state index contributed by atoms with van der Waals surface area (Å²) in [5, 5.41) is 15.1. The van der Waals surface area contributed by atoms with Gasteiger partial charge in [0.1, 0.15) is 5.82 Å². The average molecular weight is 402 g/mol. The molecule has 1 saturated carbocycles. The molecule has 2 aromatic heterocycles. The van der Waals surface area contributed by atoms with E-state index in [0.717, 1.165) is 18.7 Å². The van der Waals surface area contributed by atoms with Gasteiger partial charge in [-0.2, -0.15) is 0 Å². The largest absolute Gasteiger partial charge is 0.393 e.